The minimum atomic E-state index is 0.156. The van der Waals surface area contributed by atoms with Crippen LogP contribution in [0.1, 0.15) is 49.4 Å². The first-order valence-electron chi connectivity index (χ1n) is 5.96. The predicted molar refractivity (Wildman–Crippen MR) is 73.6 cm³/mol. The van der Waals surface area contributed by atoms with Crippen molar-refractivity contribution >= 4 is 11.6 Å². The third-order valence-corrected chi connectivity index (χ3v) is 3.52. The van der Waals surface area contributed by atoms with Gasteiger partial charge in [-0.1, -0.05) is 26.0 Å². The van der Waals surface area contributed by atoms with Crippen molar-refractivity contribution in [3.63, 3.8) is 0 Å². The number of hydrogen-bond acceptors (Lipinski definition) is 0. The molecule has 0 amide bonds. The molecule has 90 valence electrons. The molecule has 1 rings (SSSR count). The zero-order valence-electron chi connectivity index (χ0n) is 11.3. The summed E-state index contributed by atoms with van der Waals surface area (Å²) in [5, 5.41) is 0.219. The standard InChI is InChI=1S/C15H23Cl/c1-10-7-12(3)14(8-11(10)2)15(5,6)9-13(4)16/h7-8,13H,9H2,1-6H3. The van der Waals surface area contributed by atoms with E-state index < -0.39 is 0 Å². The molecular weight excluding hydrogens is 216 g/mol. The molecule has 0 saturated heterocycles. The Morgan fingerprint density at radius 1 is 1.06 bits per heavy atom. The number of benzene rings is 1. The van der Waals surface area contributed by atoms with E-state index in [0.29, 0.717) is 0 Å². The van der Waals surface area contributed by atoms with Gasteiger partial charge in [-0.15, -0.1) is 11.6 Å². The maximum atomic E-state index is 6.14. The van der Waals surface area contributed by atoms with Crippen molar-refractivity contribution < 1.29 is 0 Å². The number of rotatable bonds is 3. The molecule has 1 aromatic carbocycles. The largest absolute Gasteiger partial charge is 0.123 e. The van der Waals surface area contributed by atoms with Gasteiger partial charge < -0.3 is 0 Å². The third kappa shape index (κ3) is 3.01. The minimum absolute atomic E-state index is 0.156. The fourth-order valence-corrected chi connectivity index (χ4v) is 2.89. The molecule has 0 nitrogen and oxygen atoms in total. The number of alkyl halides is 1. The second kappa shape index (κ2) is 4.79. The lowest BCUT2D eigenvalue weighted by atomic mass is 9.77. The van der Waals surface area contributed by atoms with Crippen LogP contribution < -0.4 is 0 Å². The molecule has 1 aromatic rings. The molecule has 0 aliphatic heterocycles. The molecule has 0 aliphatic carbocycles. The Morgan fingerprint density at radius 3 is 2.06 bits per heavy atom. The van der Waals surface area contributed by atoms with Gasteiger partial charge in [0, 0.05) is 5.38 Å². The zero-order valence-corrected chi connectivity index (χ0v) is 12.1. The van der Waals surface area contributed by atoms with E-state index in [4.69, 9.17) is 11.6 Å². The smallest absolute Gasteiger partial charge is 0.0316 e. The van der Waals surface area contributed by atoms with Gasteiger partial charge in [-0.25, -0.2) is 0 Å². The molecule has 1 heteroatoms. The number of halogens is 1. The number of hydrogen-bond donors (Lipinski definition) is 0. The molecule has 0 fully saturated rings. The topological polar surface area (TPSA) is 0 Å². The zero-order chi connectivity index (χ0) is 12.5. The Balaban J connectivity index is 3.17. The van der Waals surface area contributed by atoms with E-state index in [1.165, 1.54) is 22.3 Å². The molecule has 0 spiro atoms. The van der Waals surface area contributed by atoms with Gasteiger partial charge in [-0.05, 0) is 61.8 Å². The molecule has 0 heterocycles. The number of aryl methyl sites for hydroxylation is 3. The second-order valence-corrected chi connectivity index (χ2v) is 6.37. The van der Waals surface area contributed by atoms with Crippen LogP contribution in [-0.4, -0.2) is 5.38 Å². The molecule has 16 heavy (non-hydrogen) atoms. The molecule has 1 unspecified atom stereocenters. The van der Waals surface area contributed by atoms with Crippen molar-refractivity contribution in [2.75, 3.05) is 0 Å². The molecule has 0 aromatic heterocycles. The summed E-state index contributed by atoms with van der Waals surface area (Å²) in [6.07, 6.45) is 1.01. The molecule has 0 radical (unpaired) electrons. The highest BCUT2D eigenvalue weighted by atomic mass is 35.5. The average Bonchev–Trinajstić information content (AvgIpc) is 2.08. The van der Waals surface area contributed by atoms with E-state index in [-0.39, 0.29) is 10.8 Å². The molecule has 0 aliphatic rings. The summed E-state index contributed by atoms with van der Waals surface area (Å²) in [4.78, 5) is 0. The summed E-state index contributed by atoms with van der Waals surface area (Å²) in [7, 11) is 0. The first kappa shape index (κ1) is 13.6. The monoisotopic (exact) mass is 238 g/mol. The van der Waals surface area contributed by atoms with Gasteiger partial charge in [0.15, 0.2) is 0 Å². The lowest BCUT2D eigenvalue weighted by Crippen LogP contribution is -2.22. The highest BCUT2D eigenvalue weighted by Gasteiger charge is 2.24. The molecule has 1 atom stereocenters. The summed E-state index contributed by atoms with van der Waals surface area (Å²) in [5.41, 5.74) is 5.71. The molecule has 0 saturated carbocycles. The van der Waals surface area contributed by atoms with E-state index >= 15 is 0 Å². The van der Waals surface area contributed by atoms with Crippen molar-refractivity contribution in [2.24, 2.45) is 0 Å². The van der Waals surface area contributed by atoms with Crippen molar-refractivity contribution in [3.8, 4) is 0 Å². The van der Waals surface area contributed by atoms with Crippen LogP contribution in [0.2, 0.25) is 0 Å². The van der Waals surface area contributed by atoms with Crippen LogP contribution in [0.25, 0.3) is 0 Å². The Bertz CT molecular complexity index is 375. The quantitative estimate of drug-likeness (QED) is 0.657. The van der Waals surface area contributed by atoms with Crippen LogP contribution in [0.5, 0.6) is 0 Å². The first-order chi connectivity index (χ1) is 7.24. The maximum absolute atomic E-state index is 6.14. The van der Waals surface area contributed by atoms with Crippen molar-refractivity contribution in [3.05, 3.63) is 34.4 Å². The van der Waals surface area contributed by atoms with Crippen molar-refractivity contribution in [1.29, 1.82) is 0 Å². The lowest BCUT2D eigenvalue weighted by molar-refractivity contribution is 0.474. The van der Waals surface area contributed by atoms with Gasteiger partial charge in [0.1, 0.15) is 0 Å². The van der Waals surface area contributed by atoms with E-state index in [1.807, 2.05) is 0 Å². The van der Waals surface area contributed by atoms with Crippen LogP contribution in [0.3, 0.4) is 0 Å². The first-order valence-corrected chi connectivity index (χ1v) is 6.40. The van der Waals surface area contributed by atoms with Gasteiger partial charge in [0.25, 0.3) is 0 Å². The fourth-order valence-electron chi connectivity index (χ4n) is 2.50. The van der Waals surface area contributed by atoms with Crippen LogP contribution in [-0.2, 0) is 5.41 Å². The second-order valence-electron chi connectivity index (χ2n) is 5.62. The Labute approximate surface area is 105 Å². The molecule has 0 bridgehead atoms. The Kier molecular flexibility index (Phi) is 4.07. The Hall–Kier alpha value is -0.490. The lowest BCUT2D eigenvalue weighted by Gasteiger charge is -2.29. The van der Waals surface area contributed by atoms with E-state index in [0.717, 1.165) is 6.42 Å². The molecule has 0 N–H and O–H groups in total. The van der Waals surface area contributed by atoms with Crippen LogP contribution in [0.15, 0.2) is 12.1 Å². The maximum Gasteiger partial charge on any atom is 0.0316 e. The highest BCUT2D eigenvalue weighted by molar-refractivity contribution is 6.20. The van der Waals surface area contributed by atoms with E-state index in [9.17, 15) is 0 Å². The summed E-state index contributed by atoms with van der Waals surface area (Å²) in [5.74, 6) is 0. The third-order valence-electron chi connectivity index (χ3n) is 3.36. The fraction of sp³-hybridized carbons (Fsp3) is 0.600. The van der Waals surface area contributed by atoms with E-state index in [1.54, 1.807) is 0 Å². The van der Waals surface area contributed by atoms with Crippen LogP contribution in [0, 0.1) is 20.8 Å². The summed E-state index contributed by atoms with van der Waals surface area (Å²) >= 11 is 6.14. The van der Waals surface area contributed by atoms with Gasteiger partial charge >= 0.3 is 0 Å². The van der Waals surface area contributed by atoms with Crippen LogP contribution >= 0.6 is 11.6 Å². The molecular formula is C15H23Cl. The van der Waals surface area contributed by atoms with E-state index in [2.05, 4.69) is 53.7 Å². The van der Waals surface area contributed by atoms with Crippen LogP contribution in [0.4, 0.5) is 0 Å². The normalized spacial score (nSPS) is 13.9. The average molecular weight is 239 g/mol. The summed E-state index contributed by atoms with van der Waals surface area (Å²) in [6, 6.07) is 4.61. The summed E-state index contributed by atoms with van der Waals surface area (Å²) < 4.78 is 0. The van der Waals surface area contributed by atoms with Gasteiger partial charge in [-0.3, -0.25) is 0 Å². The van der Waals surface area contributed by atoms with Crippen molar-refractivity contribution in [2.45, 2.75) is 58.8 Å². The SMILES string of the molecule is Cc1cc(C)c(C(C)(C)CC(C)Cl)cc1C. The van der Waals surface area contributed by atoms with Gasteiger partial charge in [-0.2, -0.15) is 0 Å². The summed E-state index contributed by atoms with van der Waals surface area (Å²) in [6.45, 7) is 13.2. The van der Waals surface area contributed by atoms with Gasteiger partial charge in [0.2, 0.25) is 0 Å². The van der Waals surface area contributed by atoms with Crippen molar-refractivity contribution in [1.82, 2.24) is 0 Å². The van der Waals surface area contributed by atoms with Gasteiger partial charge in [0.05, 0.1) is 0 Å². The minimum Gasteiger partial charge on any atom is -0.123 e. The highest BCUT2D eigenvalue weighted by Crippen LogP contribution is 2.33. The Morgan fingerprint density at radius 2 is 1.56 bits per heavy atom. The predicted octanol–water partition coefficient (Wildman–Crippen LogP) is 4.91.